The fourth-order valence-electron chi connectivity index (χ4n) is 1.61. The first-order valence-electron chi connectivity index (χ1n) is 5.00. The summed E-state index contributed by atoms with van der Waals surface area (Å²) in [5.41, 5.74) is 0.163. The van der Waals surface area contributed by atoms with E-state index < -0.39 is 0 Å². The van der Waals surface area contributed by atoms with Crippen LogP contribution in [0.2, 0.25) is 0 Å². The van der Waals surface area contributed by atoms with Gasteiger partial charge in [-0.1, -0.05) is 27.2 Å². The third kappa shape index (κ3) is 2.27. The number of rotatable bonds is 4. The molecule has 0 aliphatic rings. The summed E-state index contributed by atoms with van der Waals surface area (Å²) in [5.74, 6) is 0.986. The van der Waals surface area contributed by atoms with Crippen molar-refractivity contribution >= 4 is 0 Å². The second kappa shape index (κ2) is 4.35. The molecule has 1 heterocycles. The topological polar surface area (TPSA) is 25.8 Å². The van der Waals surface area contributed by atoms with E-state index in [-0.39, 0.29) is 5.41 Å². The van der Waals surface area contributed by atoms with Crippen LogP contribution in [0.1, 0.15) is 45.9 Å². The van der Waals surface area contributed by atoms with E-state index in [1.165, 1.54) is 6.42 Å². The molecule has 0 saturated carbocycles. The zero-order chi connectivity index (χ0) is 9.73. The second-order valence-electron chi connectivity index (χ2n) is 3.74. The summed E-state index contributed by atoms with van der Waals surface area (Å²) < 4.78 is 0. The van der Waals surface area contributed by atoms with Crippen LogP contribution in [0.25, 0.3) is 0 Å². The van der Waals surface area contributed by atoms with Crippen LogP contribution < -0.4 is 0 Å². The number of hydrogen-bond acceptors (Lipinski definition) is 2. The minimum absolute atomic E-state index is 0.163. The highest BCUT2D eigenvalue weighted by Gasteiger charge is 2.25. The smallest absolute Gasteiger partial charge is 0.134 e. The van der Waals surface area contributed by atoms with Crippen molar-refractivity contribution in [3.05, 3.63) is 24.3 Å². The predicted octanol–water partition coefficient (Wildman–Crippen LogP) is 2.94. The van der Waals surface area contributed by atoms with Gasteiger partial charge in [0, 0.05) is 17.8 Å². The van der Waals surface area contributed by atoms with Crippen LogP contribution in [0.5, 0.6) is 0 Å². The Balaban J connectivity index is 2.89. The van der Waals surface area contributed by atoms with Crippen LogP contribution in [-0.4, -0.2) is 9.97 Å². The first-order valence-corrected chi connectivity index (χ1v) is 5.00. The normalized spacial score (nSPS) is 15.3. The number of hydrogen-bond donors (Lipinski definition) is 0. The van der Waals surface area contributed by atoms with Crippen LogP contribution in [-0.2, 0) is 5.41 Å². The van der Waals surface area contributed by atoms with Gasteiger partial charge in [-0.2, -0.15) is 0 Å². The number of aromatic nitrogens is 2. The van der Waals surface area contributed by atoms with Gasteiger partial charge in [-0.3, -0.25) is 0 Å². The van der Waals surface area contributed by atoms with Gasteiger partial charge in [0.15, 0.2) is 0 Å². The molecule has 0 bridgehead atoms. The summed E-state index contributed by atoms with van der Waals surface area (Å²) >= 11 is 0. The molecule has 0 N–H and O–H groups in total. The third-order valence-corrected chi connectivity index (χ3v) is 2.69. The van der Waals surface area contributed by atoms with E-state index >= 15 is 0 Å². The van der Waals surface area contributed by atoms with Gasteiger partial charge in [0.25, 0.3) is 0 Å². The summed E-state index contributed by atoms with van der Waals surface area (Å²) in [4.78, 5) is 8.66. The van der Waals surface area contributed by atoms with E-state index in [1.807, 2.05) is 18.5 Å². The highest BCUT2D eigenvalue weighted by atomic mass is 14.9. The monoisotopic (exact) mass is 178 g/mol. The molecule has 0 fully saturated rings. The lowest BCUT2D eigenvalue weighted by atomic mass is 9.82. The van der Waals surface area contributed by atoms with Crippen molar-refractivity contribution in [2.45, 2.75) is 45.4 Å². The maximum atomic E-state index is 4.33. The Kier molecular flexibility index (Phi) is 3.40. The molecule has 1 aromatic heterocycles. The van der Waals surface area contributed by atoms with Crippen LogP contribution in [0.15, 0.2) is 18.5 Å². The van der Waals surface area contributed by atoms with Crippen molar-refractivity contribution in [2.75, 3.05) is 0 Å². The summed E-state index contributed by atoms with van der Waals surface area (Å²) in [7, 11) is 0. The third-order valence-electron chi connectivity index (χ3n) is 2.69. The van der Waals surface area contributed by atoms with E-state index in [1.54, 1.807) is 0 Å². The molecule has 0 spiro atoms. The molecule has 1 unspecified atom stereocenters. The highest BCUT2D eigenvalue weighted by Crippen LogP contribution is 2.28. The van der Waals surface area contributed by atoms with Crippen LogP contribution in [0.3, 0.4) is 0 Å². The first-order chi connectivity index (χ1) is 6.23. The SMILES string of the molecule is CCCC(C)(CC)c1ncccn1. The molecule has 1 atom stereocenters. The van der Waals surface area contributed by atoms with Crippen LogP contribution in [0.4, 0.5) is 0 Å². The fourth-order valence-corrected chi connectivity index (χ4v) is 1.61. The van der Waals surface area contributed by atoms with E-state index in [4.69, 9.17) is 0 Å². The summed E-state index contributed by atoms with van der Waals surface area (Å²) in [6.07, 6.45) is 7.10. The Labute approximate surface area is 80.4 Å². The molecule has 13 heavy (non-hydrogen) atoms. The minimum atomic E-state index is 0.163. The summed E-state index contributed by atoms with van der Waals surface area (Å²) in [5, 5.41) is 0. The Morgan fingerprint density at radius 1 is 1.23 bits per heavy atom. The summed E-state index contributed by atoms with van der Waals surface area (Å²) in [6, 6.07) is 1.87. The predicted molar refractivity (Wildman–Crippen MR) is 54.6 cm³/mol. The molecule has 0 radical (unpaired) electrons. The maximum Gasteiger partial charge on any atom is 0.134 e. The van der Waals surface area contributed by atoms with Crippen molar-refractivity contribution in [1.82, 2.24) is 9.97 Å². The van der Waals surface area contributed by atoms with Gasteiger partial charge < -0.3 is 0 Å². The van der Waals surface area contributed by atoms with Crippen LogP contribution in [0, 0.1) is 0 Å². The molecule has 0 aliphatic heterocycles. The quantitative estimate of drug-likeness (QED) is 0.708. The Hall–Kier alpha value is -0.920. The zero-order valence-electron chi connectivity index (χ0n) is 8.75. The number of nitrogens with zero attached hydrogens (tertiary/aromatic N) is 2. The van der Waals surface area contributed by atoms with Crippen LogP contribution >= 0.6 is 0 Å². The van der Waals surface area contributed by atoms with Gasteiger partial charge >= 0.3 is 0 Å². The molecule has 1 aromatic rings. The van der Waals surface area contributed by atoms with E-state index in [0.717, 1.165) is 18.7 Å². The zero-order valence-corrected chi connectivity index (χ0v) is 8.75. The molecule has 0 aliphatic carbocycles. The van der Waals surface area contributed by atoms with Gasteiger partial charge in [-0.05, 0) is 18.9 Å². The Morgan fingerprint density at radius 2 is 1.85 bits per heavy atom. The fraction of sp³-hybridized carbons (Fsp3) is 0.636. The summed E-state index contributed by atoms with van der Waals surface area (Å²) in [6.45, 7) is 6.65. The molecular formula is C11H18N2. The molecular weight excluding hydrogens is 160 g/mol. The lowest BCUT2D eigenvalue weighted by molar-refractivity contribution is 0.389. The van der Waals surface area contributed by atoms with Crippen molar-refractivity contribution in [2.24, 2.45) is 0 Å². The van der Waals surface area contributed by atoms with Gasteiger partial charge in [0.2, 0.25) is 0 Å². The average molecular weight is 178 g/mol. The molecule has 0 amide bonds. The van der Waals surface area contributed by atoms with Crippen molar-refractivity contribution < 1.29 is 0 Å². The molecule has 1 rings (SSSR count). The van der Waals surface area contributed by atoms with E-state index in [9.17, 15) is 0 Å². The lowest BCUT2D eigenvalue weighted by Gasteiger charge is -2.25. The van der Waals surface area contributed by atoms with Gasteiger partial charge in [-0.25, -0.2) is 9.97 Å². The van der Waals surface area contributed by atoms with Gasteiger partial charge in [0.1, 0.15) is 5.82 Å². The Morgan fingerprint density at radius 3 is 2.31 bits per heavy atom. The highest BCUT2D eigenvalue weighted by molar-refractivity contribution is 5.05. The largest absolute Gasteiger partial charge is 0.241 e. The van der Waals surface area contributed by atoms with Crippen molar-refractivity contribution in [1.29, 1.82) is 0 Å². The first kappa shape index (κ1) is 10.2. The molecule has 2 heteroatoms. The van der Waals surface area contributed by atoms with Crippen molar-refractivity contribution in [3.8, 4) is 0 Å². The maximum absolute atomic E-state index is 4.33. The van der Waals surface area contributed by atoms with E-state index in [2.05, 4.69) is 30.7 Å². The molecule has 2 nitrogen and oxygen atoms in total. The molecule has 72 valence electrons. The lowest BCUT2D eigenvalue weighted by Crippen LogP contribution is -2.23. The van der Waals surface area contributed by atoms with Crippen molar-refractivity contribution in [3.63, 3.8) is 0 Å². The average Bonchev–Trinajstić information content (AvgIpc) is 2.19. The Bertz CT molecular complexity index is 246. The van der Waals surface area contributed by atoms with Gasteiger partial charge in [0.05, 0.1) is 0 Å². The minimum Gasteiger partial charge on any atom is -0.241 e. The van der Waals surface area contributed by atoms with E-state index in [0.29, 0.717) is 0 Å². The molecule has 0 aromatic carbocycles. The second-order valence-corrected chi connectivity index (χ2v) is 3.74. The molecule has 0 saturated heterocycles. The van der Waals surface area contributed by atoms with Gasteiger partial charge in [-0.15, -0.1) is 0 Å². The standard InChI is InChI=1S/C11H18N2/c1-4-7-11(3,5-2)10-12-8-6-9-13-10/h6,8-9H,4-5,7H2,1-3H3.